The molecule has 232 valence electrons. The highest BCUT2D eigenvalue weighted by molar-refractivity contribution is 5.98. The van der Waals surface area contributed by atoms with Crippen molar-refractivity contribution >= 4 is 17.8 Å². The summed E-state index contributed by atoms with van der Waals surface area (Å²) in [5, 5.41) is 0. The van der Waals surface area contributed by atoms with E-state index in [-0.39, 0.29) is 24.0 Å². The van der Waals surface area contributed by atoms with Crippen molar-refractivity contribution in [3.05, 3.63) is 107 Å². The Morgan fingerprint density at radius 1 is 0.733 bits per heavy atom. The van der Waals surface area contributed by atoms with Gasteiger partial charge in [0.15, 0.2) is 0 Å². The lowest BCUT2D eigenvalue weighted by Crippen LogP contribution is -2.22. The van der Waals surface area contributed by atoms with Gasteiger partial charge < -0.3 is 18.9 Å². The molecule has 2 bridgehead atoms. The van der Waals surface area contributed by atoms with Crippen LogP contribution in [0.1, 0.15) is 73.1 Å². The fourth-order valence-corrected chi connectivity index (χ4v) is 6.61. The van der Waals surface area contributed by atoms with Crippen molar-refractivity contribution in [1.82, 2.24) is 4.98 Å². The highest BCUT2D eigenvalue weighted by Gasteiger charge is 2.40. The average Bonchev–Trinajstić information content (AvgIpc) is 3.92. The maximum Gasteiger partial charge on any atom is 0.309 e. The van der Waals surface area contributed by atoms with Crippen LogP contribution in [0.2, 0.25) is 0 Å². The lowest BCUT2D eigenvalue weighted by molar-refractivity contribution is -0.149. The predicted octanol–water partition coefficient (Wildman–Crippen LogP) is 6.81. The van der Waals surface area contributed by atoms with Crippen LogP contribution in [0.3, 0.4) is 0 Å². The number of nitrogens with zero attached hydrogens (tertiary/aromatic N) is 3. The lowest BCUT2D eigenvalue weighted by Gasteiger charge is -2.16. The van der Waals surface area contributed by atoms with E-state index < -0.39 is 0 Å². The SMILES string of the molecule is O=C(OCCCCCCOc1cc(C2=N[C@@H](c3ccccc3)CO2)nc(C2=N[C@@H](c3ccccc3)CO2)c1)C1CC2C=CC1C2. The number of hydrogen-bond acceptors (Lipinski definition) is 8. The first-order chi connectivity index (χ1) is 22.2. The van der Waals surface area contributed by atoms with Crippen molar-refractivity contribution in [3.8, 4) is 5.75 Å². The van der Waals surface area contributed by atoms with E-state index in [1.807, 2.05) is 48.5 Å². The molecular weight excluding hydrogens is 566 g/mol. The van der Waals surface area contributed by atoms with Crippen LogP contribution >= 0.6 is 0 Å². The van der Waals surface area contributed by atoms with Crippen LogP contribution in [0.5, 0.6) is 5.75 Å². The third kappa shape index (κ3) is 6.95. The van der Waals surface area contributed by atoms with Gasteiger partial charge in [-0.1, -0.05) is 72.8 Å². The number of carbonyl (C=O) groups is 1. The zero-order valence-electron chi connectivity index (χ0n) is 25.4. The van der Waals surface area contributed by atoms with Crippen LogP contribution in [0, 0.1) is 17.8 Å². The van der Waals surface area contributed by atoms with Gasteiger partial charge >= 0.3 is 5.97 Å². The van der Waals surface area contributed by atoms with Crippen molar-refractivity contribution in [1.29, 1.82) is 0 Å². The first kappa shape index (κ1) is 29.3. The molecule has 1 fully saturated rings. The zero-order valence-corrected chi connectivity index (χ0v) is 25.4. The highest BCUT2D eigenvalue weighted by atomic mass is 16.5. The van der Waals surface area contributed by atoms with Gasteiger partial charge in [0.05, 0.1) is 19.1 Å². The van der Waals surface area contributed by atoms with Crippen LogP contribution in [0.4, 0.5) is 0 Å². The quantitative estimate of drug-likeness (QED) is 0.121. The number of unbranched alkanes of at least 4 members (excludes halogenated alkanes) is 3. The number of pyridine rings is 1. The van der Waals surface area contributed by atoms with Crippen LogP contribution in [0.25, 0.3) is 0 Å². The molecule has 0 saturated heterocycles. The molecule has 8 nitrogen and oxygen atoms in total. The average molecular weight is 606 g/mol. The number of hydrogen-bond donors (Lipinski definition) is 0. The number of aliphatic imine (C=N–C) groups is 2. The molecule has 45 heavy (non-hydrogen) atoms. The van der Waals surface area contributed by atoms with E-state index >= 15 is 0 Å². The van der Waals surface area contributed by atoms with Gasteiger partial charge in [-0.3, -0.25) is 4.79 Å². The molecule has 3 heterocycles. The van der Waals surface area contributed by atoms with Crippen molar-refractivity contribution < 1.29 is 23.7 Å². The van der Waals surface area contributed by atoms with E-state index in [1.54, 1.807) is 0 Å². The third-order valence-corrected chi connectivity index (χ3v) is 9.04. The number of fused-ring (bicyclic) bond motifs is 2. The van der Waals surface area contributed by atoms with Crippen LogP contribution < -0.4 is 4.74 Å². The van der Waals surface area contributed by atoms with Gasteiger partial charge in [-0.25, -0.2) is 15.0 Å². The molecule has 0 radical (unpaired) electrons. The number of esters is 1. The Morgan fingerprint density at radius 2 is 1.33 bits per heavy atom. The minimum Gasteiger partial charge on any atom is -0.493 e. The fourth-order valence-electron chi connectivity index (χ4n) is 6.61. The Morgan fingerprint density at radius 3 is 1.89 bits per heavy atom. The molecule has 0 N–H and O–H groups in total. The van der Waals surface area contributed by atoms with Crippen molar-refractivity contribution in [2.24, 2.45) is 27.7 Å². The van der Waals surface area contributed by atoms with E-state index in [0.717, 1.165) is 49.7 Å². The van der Waals surface area contributed by atoms with Crippen molar-refractivity contribution in [3.63, 3.8) is 0 Å². The fraction of sp³-hybridized carbons (Fsp3) is 0.405. The van der Waals surface area contributed by atoms with Gasteiger partial charge in [-0.2, -0.15) is 0 Å². The van der Waals surface area contributed by atoms with Gasteiger partial charge in [-0.15, -0.1) is 0 Å². The van der Waals surface area contributed by atoms with Gasteiger partial charge in [0, 0.05) is 12.1 Å². The molecule has 7 rings (SSSR count). The lowest BCUT2D eigenvalue weighted by atomic mass is 9.94. The highest BCUT2D eigenvalue weighted by Crippen LogP contribution is 2.43. The maximum absolute atomic E-state index is 12.4. The summed E-state index contributed by atoms with van der Waals surface area (Å²) in [6, 6.07) is 23.9. The normalized spacial score (nSPS) is 24.6. The van der Waals surface area contributed by atoms with E-state index in [4.69, 9.17) is 33.9 Å². The molecule has 8 heteroatoms. The first-order valence-electron chi connectivity index (χ1n) is 16.2. The summed E-state index contributed by atoms with van der Waals surface area (Å²) in [6.07, 6.45) is 10.2. The first-order valence-corrected chi connectivity index (χ1v) is 16.2. The molecule has 1 saturated carbocycles. The molecule has 0 amide bonds. The molecule has 2 aliphatic carbocycles. The minimum absolute atomic E-state index is 0.0173. The Bertz CT molecular complexity index is 1490. The summed E-state index contributed by atoms with van der Waals surface area (Å²) in [4.78, 5) is 27.0. The molecule has 1 aromatic heterocycles. The Balaban J connectivity index is 0.960. The van der Waals surface area contributed by atoms with E-state index in [9.17, 15) is 4.79 Å². The summed E-state index contributed by atoms with van der Waals surface area (Å²) in [5.41, 5.74) is 3.41. The number of carbonyl (C=O) groups excluding carboxylic acids is 1. The van der Waals surface area contributed by atoms with Crippen LogP contribution in [-0.2, 0) is 19.0 Å². The van der Waals surface area contributed by atoms with Crippen LogP contribution in [-0.4, -0.2) is 49.2 Å². The van der Waals surface area contributed by atoms with Gasteiger partial charge in [-0.05, 0) is 61.5 Å². The predicted molar refractivity (Wildman–Crippen MR) is 171 cm³/mol. The second kappa shape index (κ2) is 13.7. The minimum atomic E-state index is -0.0806. The monoisotopic (exact) mass is 605 g/mol. The molecule has 5 atom stereocenters. The molecule has 3 aromatic rings. The summed E-state index contributed by atoms with van der Waals surface area (Å²) < 4.78 is 23.9. The Labute approximate surface area is 264 Å². The van der Waals surface area contributed by atoms with E-state index in [2.05, 4.69) is 36.4 Å². The molecule has 3 unspecified atom stereocenters. The second-order valence-corrected chi connectivity index (χ2v) is 12.2. The second-order valence-electron chi connectivity index (χ2n) is 12.2. The van der Waals surface area contributed by atoms with Gasteiger partial charge in [0.2, 0.25) is 11.8 Å². The Kier molecular flexibility index (Phi) is 8.89. The standard InChI is InChI=1S/C37H39N3O5/c41-37(30-20-25-15-16-28(30)19-25)43-18-10-2-1-9-17-42-29-21-31(35-39-33(23-44-35)26-11-5-3-6-12-26)38-32(22-29)36-40-34(24-45-36)27-13-7-4-8-14-27/h3-8,11-16,21-22,25,28,30,33-34H,1-2,9-10,17-20,23-24H2/t25?,28?,30?,33-,34-/m1/s1. The summed E-state index contributed by atoms with van der Waals surface area (Å²) in [6.45, 7) is 1.97. The smallest absolute Gasteiger partial charge is 0.309 e. The van der Waals surface area contributed by atoms with Gasteiger partial charge in [0.25, 0.3) is 0 Å². The summed E-state index contributed by atoms with van der Waals surface area (Å²) in [7, 11) is 0. The number of allylic oxidation sites excluding steroid dienone is 2. The largest absolute Gasteiger partial charge is 0.493 e. The molecule has 2 aliphatic heterocycles. The summed E-state index contributed by atoms with van der Waals surface area (Å²) in [5.74, 6) is 2.68. The molecular formula is C37H39N3O5. The zero-order chi connectivity index (χ0) is 30.4. The van der Waals surface area contributed by atoms with Crippen molar-refractivity contribution in [2.75, 3.05) is 26.4 Å². The molecule has 4 aliphatic rings. The summed E-state index contributed by atoms with van der Waals surface area (Å²) >= 11 is 0. The number of rotatable bonds is 13. The number of aromatic nitrogens is 1. The molecule has 0 spiro atoms. The van der Waals surface area contributed by atoms with E-state index in [1.165, 1.54) is 0 Å². The third-order valence-electron chi connectivity index (χ3n) is 9.04. The number of benzene rings is 2. The van der Waals surface area contributed by atoms with Crippen LogP contribution in [0.15, 0.2) is 94.9 Å². The van der Waals surface area contributed by atoms with Crippen molar-refractivity contribution in [2.45, 2.75) is 50.6 Å². The number of ether oxygens (including phenoxy) is 4. The van der Waals surface area contributed by atoms with E-state index in [0.29, 0.717) is 67.2 Å². The molecule has 2 aromatic carbocycles. The Hall–Kier alpha value is -4.46. The maximum atomic E-state index is 12.4. The van der Waals surface area contributed by atoms with Gasteiger partial charge in [0.1, 0.15) is 42.4 Å². The topological polar surface area (TPSA) is 91.6 Å².